The molecule has 20 heavy (non-hydrogen) atoms. The molecule has 2 atom stereocenters. The molecule has 0 amide bonds. The van der Waals surface area contributed by atoms with Crippen LogP contribution < -0.4 is 0 Å². The van der Waals surface area contributed by atoms with Crippen LogP contribution in [-0.4, -0.2) is 26.3 Å². The van der Waals surface area contributed by atoms with Crippen molar-refractivity contribution in [2.45, 2.75) is 65.0 Å². The van der Waals surface area contributed by atoms with Crippen LogP contribution in [0.25, 0.3) is 10.5 Å². The molecule has 0 aromatic carbocycles. The zero-order valence-electron chi connectivity index (χ0n) is 12.8. The Bertz CT molecular complexity index is 350. The van der Waals surface area contributed by atoms with Gasteiger partial charge in [-0.1, -0.05) is 52.9 Å². The quantitative estimate of drug-likeness (QED) is 0.488. The number of rotatable bonds is 5. The van der Waals surface area contributed by atoms with Crippen LogP contribution in [0.4, 0.5) is 0 Å². The van der Waals surface area contributed by atoms with Gasteiger partial charge in [-0.05, 0) is 5.41 Å². The van der Waals surface area contributed by atoms with Gasteiger partial charge in [0, 0.05) is 5.75 Å². The number of hydrogen-bond donors (Lipinski definition) is 0. The van der Waals surface area contributed by atoms with Crippen molar-refractivity contribution in [1.29, 1.82) is 0 Å². The molecule has 0 bridgehead atoms. The Morgan fingerprint density at radius 3 is 2.25 bits per heavy atom. The van der Waals surface area contributed by atoms with Crippen molar-refractivity contribution in [3.8, 4) is 0 Å². The zero-order valence-corrected chi connectivity index (χ0v) is 16.1. The van der Waals surface area contributed by atoms with Crippen LogP contribution in [-0.2, 0) is 27.3 Å². The Morgan fingerprint density at radius 1 is 1.30 bits per heavy atom. The Kier molecular flexibility index (Phi) is 12.1. The molecule has 0 radical (unpaired) electrons. The first kappa shape index (κ1) is 23.1. The van der Waals surface area contributed by atoms with E-state index in [1.807, 2.05) is 38.1 Å². The predicted molar refractivity (Wildman–Crippen MR) is 83.9 cm³/mol. The molecule has 1 N–H and O–H groups in total. The van der Waals surface area contributed by atoms with Gasteiger partial charge in [0.25, 0.3) is 0 Å². The summed E-state index contributed by atoms with van der Waals surface area (Å²) in [6.07, 6.45) is 4.37. The van der Waals surface area contributed by atoms with E-state index in [0.717, 1.165) is 32.1 Å². The SMILES string of the molecule is CCC(C)(C)CS(=O)(=O)[N-]C1CCCCC1[NH-].[CH3-].[Cl][Ru+3]. The molecule has 0 spiro atoms. The van der Waals surface area contributed by atoms with Crippen LogP contribution in [0.15, 0.2) is 0 Å². The van der Waals surface area contributed by atoms with E-state index in [2.05, 4.69) is 14.4 Å². The van der Waals surface area contributed by atoms with Crippen LogP contribution in [0.1, 0.15) is 52.9 Å². The van der Waals surface area contributed by atoms with Gasteiger partial charge in [-0.3, -0.25) is 0 Å². The summed E-state index contributed by atoms with van der Waals surface area (Å²) in [5.74, 6) is 0.0969. The predicted octanol–water partition coefficient (Wildman–Crippen LogP) is 4.63. The molecule has 7 heteroatoms. The van der Waals surface area contributed by atoms with Gasteiger partial charge >= 0.3 is 27.0 Å². The van der Waals surface area contributed by atoms with Crippen LogP contribution in [0.3, 0.4) is 0 Å². The maximum absolute atomic E-state index is 12.0. The number of sulfonamides is 1. The summed E-state index contributed by atoms with van der Waals surface area (Å²) in [6.45, 7) is 5.88. The molecule has 0 aromatic heterocycles. The fourth-order valence-electron chi connectivity index (χ4n) is 2.08. The van der Waals surface area contributed by atoms with E-state index in [4.69, 9.17) is 5.73 Å². The third-order valence-corrected chi connectivity index (χ3v) is 5.29. The summed E-state index contributed by atoms with van der Waals surface area (Å²) in [4.78, 5) is 0. The molecular formula is C13H27ClN2O2RuS. The fraction of sp³-hybridized carbons (Fsp3) is 0.923. The molecule has 0 aromatic rings. The molecule has 122 valence electrons. The van der Waals surface area contributed by atoms with Crippen molar-refractivity contribution in [2.24, 2.45) is 5.41 Å². The second-order valence-electron chi connectivity index (χ2n) is 5.81. The molecule has 2 unspecified atom stereocenters. The Morgan fingerprint density at radius 2 is 1.80 bits per heavy atom. The van der Waals surface area contributed by atoms with Crippen LogP contribution in [0.2, 0.25) is 0 Å². The monoisotopic (exact) mass is 412 g/mol. The second-order valence-corrected chi connectivity index (χ2v) is 7.47. The third kappa shape index (κ3) is 8.94. The molecule has 4 nitrogen and oxygen atoms in total. The Hall–Kier alpha value is 0.783. The van der Waals surface area contributed by atoms with Gasteiger partial charge < -0.3 is 17.9 Å². The average molecular weight is 412 g/mol. The first-order valence-electron chi connectivity index (χ1n) is 6.55. The van der Waals surface area contributed by atoms with E-state index in [0.29, 0.717) is 0 Å². The summed E-state index contributed by atoms with van der Waals surface area (Å²) in [5, 5.41) is 0. The van der Waals surface area contributed by atoms with Gasteiger partial charge in [-0.2, -0.15) is 6.04 Å². The van der Waals surface area contributed by atoms with Gasteiger partial charge in [-0.15, -0.1) is 6.04 Å². The van der Waals surface area contributed by atoms with E-state index in [9.17, 15) is 8.42 Å². The summed E-state index contributed by atoms with van der Waals surface area (Å²) in [7, 11) is 1.19. The molecular weight excluding hydrogens is 385 g/mol. The maximum atomic E-state index is 12.0. The molecule has 1 fully saturated rings. The third-order valence-electron chi connectivity index (χ3n) is 3.56. The number of hydrogen-bond acceptors (Lipinski definition) is 2. The summed E-state index contributed by atoms with van der Waals surface area (Å²) >= 11 is 1.82. The summed E-state index contributed by atoms with van der Waals surface area (Å²) < 4.78 is 27.9. The first-order chi connectivity index (χ1) is 8.76. The van der Waals surface area contributed by atoms with Gasteiger partial charge in [-0.25, -0.2) is 8.42 Å². The van der Waals surface area contributed by atoms with E-state index < -0.39 is 10.0 Å². The van der Waals surface area contributed by atoms with E-state index >= 15 is 0 Å². The van der Waals surface area contributed by atoms with Gasteiger partial charge in [0.2, 0.25) is 0 Å². The van der Waals surface area contributed by atoms with E-state index in [1.54, 1.807) is 0 Å². The Labute approximate surface area is 139 Å². The molecule has 0 aliphatic heterocycles. The minimum absolute atomic E-state index is 0. The topological polar surface area (TPSA) is 72.0 Å². The van der Waals surface area contributed by atoms with Crippen LogP contribution >= 0.6 is 9.69 Å². The van der Waals surface area contributed by atoms with Gasteiger partial charge in [0.15, 0.2) is 0 Å². The van der Waals surface area contributed by atoms with Crippen molar-refractivity contribution >= 4 is 19.7 Å². The minimum atomic E-state index is -3.38. The molecule has 0 saturated heterocycles. The van der Waals surface area contributed by atoms with Crippen molar-refractivity contribution in [1.82, 2.24) is 0 Å². The van der Waals surface area contributed by atoms with Crippen molar-refractivity contribution in [3.05, 3.63) is 17.9 Å². The standard InChI is InChI=1S/C12H24N2O2S.CH3.ClH.Ru/c1-4-12(2,3)9-17(15,16)14-11-8-6-5-7-10(11)13;;;/h10-11,13H,4-9H2,1-3H3;1H3;1H;/q-2;-1;;+4/p-1. The molecule has 1 rings (SSSR count). The van der Waals surface area contributed by atoms with Gasteiger partial charge in [0.05, 0.1) is 10.0 Å². The zero-order chi connectivity index (χ0) is 15.1. The molecule has 1 aliphatic rings. The number of halogens is 1. The van der Waals surface area contributed by atoms with E-state index in [1.165, 1.54) is 0 Å². The number of nitrogens with zero attached hydrogens (tertiary/aromatic N) is 1. The summed E-state index contributed by atoms with van der Waals surface area (Å²) in [6, 6.07) is -0.635. The molecule has 1 saturated carbocycles. The second kappa shape index (κ2) is 10.5. The van der Waals surface area contributed by atoms with Crippen molar-refractivity contribution in [2.75, 3.05) is 5.75 Å². The average Bonchev–Trinajstić information content (AvgIpc) is 2.33. The van der Waals surface area contributed by atoms with Crippen molar-refractivity contribution in [3.63, 3.8) is 0 Å². The van der Waals surface area contributed by atoms with Crippen LogP contribution in [0.5, 0.6) is 0 Å². The van der Waals surface area contributed by atoms with E-state index in [-0.39, 0.29) is 30.7 Å². The Balaban J connectivity index is 0. The summed E-state index contributed by atoms with van der Waals surface area (Å²) in [5.41, 5.74) is 7.60. The first-order valence-corrected chi connectivity index (χ1v) is 10.4. The van der Waals surface area contributed by atoms with Gasteiger partial charge in [0.1, 0.15) is 0 Å². The van der Waals surface area contributed by atoms with Crippen LogP contribution in [0, 0.1) is 12.8 Å². The normalized spacial score (nSPS) is 23.2. The van der Waals surface area contributed by atoms with Crippen molar-refractivity contribution < 1.29 is 25.7 Å². The fourth-order valence-corrected chi connectivity index (χ4v) is 4.01. The molecule has 0 heterocycles. The number of nitrogens with one attached hydrogen (secondary N) is 1. The molecule has 1 aliphatic carbocycles.